The summed E-state index contributed by atoms with van der Waals surface area (Å²) < 4.78 is 0. The van der Waals surface area contributed by atoms with E-state index in [1.165, 1.54) is 19.3 Å². The zero-order valence-electron chi connectivity index (χ0n) is 13.1. The van der Waals surface area contributed by atoms with Crippen molar-refractivity contribution in [1.82, 2.24) is 5.32 Å². The third-order valence-electron chi connectivity index (χ3n) is 3.36. The number of unbranched alkanes of at least 4 members (excludes halogenated alkanes) is 3. The summed E-state index contributed by atoms with van der Waals surface area (Å²) in [5, 5.41) is 11.7. The van der Waals surface area contributed by atoms with Gasteiger partial charge < -0.3 is 10.4 Å². The molecule has 3 heteroatoms. The lowest BCUT2D eigenvalue weighted by molar-refractivity contribution is -0.121. The van der Waals surface area contributed by atoms with E-state index in [0.717, 1.165) is 17.5 Å². The maximum Gasteiger partial charge on any atom is 0.224 e. The van der Waals surface area contributed by atoms with Crippen LogP contribution in [-0.2, 0) is 11.2 Å². The number of nitrogens with one attached hydrogen (secondary N) is 1. The Kier molecular flexibility index (Phi) is 8.44. The average Bonchev–Trinajstić information content (AvgIpc) is 2.48. The van der Waals surface area contributed by atoms with Gasteiger partial charge in [0.15, 0.2) is 0 Å². The minimum absolute atomic E-state index is 0.0370. The van der Waals surface area contributed by atoms with Crippen molar-refractivity contribution in [2.45, 2.75) is 52.0 Å². The van der Waals surface area contributed by atoms with Gasteiger partial charge in [0.2, 0.25) is 5.91 Å². The van der Waals surface area contributed by atoms with E-state index < -0.39 is 0 Å². The van der Waals surface area contributed by atoms with E-state index in [0.29, 0.717) is 6.42 Å². The molecule has 0 radical (unpaired) electrons. The molecule has 1 atom stereocenters. The lowest BCUT2D eigenvalue weighted by Crippen LogP contribution is -2.36. The van der Waals surface area contributed by atoms with Crippen LogP contribution in [0.5, 0.6) is 0 Å². The summed E-state index contributed by atoms with van der Waals surface area (Å²) in [6, 6.07) is 7.76. The number of hydrogen-bond donors (Lipinski definition) is 2. The Balaban J connectivity index is 2.60. The second kappa shape index (κ2) is 10.2. The Hall–Kier alpha value is -1.61. The van der Waals surface area contributed by atoms with Crippen molar-refractivity contribution in [2.75, 3.05) is 6.61 Å². The van der Waals surface area contributed by atoms with E-state index in [1.54, 1.807) is 6.92 Å². The fraction of sp³-hybridized carbons (Fsp3) is 0.500. The number of carbonyl (C=O) groups excluding carboxylic acids is 1. The molecule has 1 aromatic carbocycles. The first-order valence-electron chi connectivity index (χ1n) is 7.82. The Bertz CT molecular complexity index is 454. The van der Waals surface area contributed by atoms with Crippen LogP contribution in [0.4, 0.5) is 0 Å². The monoisotopic (exact) mass is 289 g/mol. The summed E-state index contributed by atoms with van der Waals surface area (Å²) in [5.74, 6) is -0.0524. The van der Waals surface area contributed by atoms with E-state index in [4.69, 9.17) is 5.11 Å². The quantitative estimate of drug-likeness (QED) is 0.685. The summed E-state index contributed by atoms with van der Waals surface area (Å²) in [4.78, 5) is 11.9. The number of rotatable bonds is 9. The third kappa shape index (κ3) is 7.09. The highest BCUT2D eigenvalue weighted by atomic mass is 16.3. The van der Waals surface area contributed by atoms with Gasteiger partial charge >= 0.3 is 0 Å². The third-order valence-corrected chi connectivity index (χ3v) is 3.36. The summed E-state index contributed by atoms with van der Waals surface area (Å²) in [5.41, 5.74) is 2.12. The SMILES string of the molecule is CCCCC/C=C\c1ccccc1CC(=O)NC(C)CO. The van der Waals surface area contributed by atoms with Gasteiger partial charge in [0.05, 0.1) is 13.0 Å². The fourth-order valence-corrected chi connectivity index (χ4v) is 2.12. The molecular formula is C18H27NO2. The lowest BCUT2D eigenvalue weighted by Gasteiger charge is -2.11. The van der Waals surface area contributed by atoms with Crippen LogP contribution in [-0.4, -0.2) is 23.7 Å². The summed E-state index contributed by atoms with van der Waals surface area (Å²) >= 11 is 0. The summed E-state index contributed by atoms with van der Waals surface area (Å²) in [6.45, 7) is 3.95. The number of allylic oxidation sites excluding steroid dienone is 1. The van der Waals surface area contributed by atoms with Crippen LogP contribution in [0.2, 0.25) is 0 Å². The maximum absolute atomic E-state index is 11.9. The molecule has 1 unspecified atom stereocenters. The molecule has 1 aromatic rings. The highest BCUT2D eigenvalue weighted by Crippen LogP contribution is 2.13. The van der Waals surface area contributed by atoms with E-state index in [1.807, 2.05) is 24.3 Å². The van der Waals surface area contributed by atoms with Crippen LogP contribution >= 0.6 is 0 Å². The minimum Gasteiger partial charge on any atom is -0.394 e. The number of aliphatic hydroxyl groups is 1. The lowest BCUT2D eigenvalue weighted by atomic mass is 10.0. The van der Waals surface area contributed by atoms with E-state index in [-0.39, 0.29) is 18.6 Å². The molecule has 0 aliphatic rings. The molecule has 0 spiro atoms. The van der Waals surface area contributed by atoms with Crippen molar-refractivity contribution in [1.29, 1.82) is 0 Å². The number of aliphatic hydroxyl groups excluding tert-OH is 1. The predicted molar refractivity (Wildman–Crippen MR) is 88.0 cm³/mol. The first-order chi connectivity index (χ1) is 10.2. The molecule has 3 nitrogen and oxygen atoms in total. The van der Waals surface area contributed by atoms with Gasteiger partial charge in [0, 0.05) is 6.04 Å². The summed E-state index contributed by atoms with van der Waals surface area (Å²) in [7, 11) is 0. The zero-order valence-corrected chi connectivity index (χ0v) is 13.1. The van der Waals surface area contributed by atoms with Crippen LogP contribution in [0.15, 0.2) is 30.3 Å². The van der Waals surface area contributed by atoms with Gasteiger partial charge in [-0.1, -0.05) is 56.2 Å². The molecule has 0 fully saturated rings. The van der Waals surface area contributed by atoms with Gasteiger partial charge in [-0.2, -0.15) is 0 Å². The normalized spacial score (nSPS) is 12.5. The van der Waals surface area contributed by atoms with Gasteiger partial charge in [-0.3, -0.25) is 4.79 Å². The van der Waals surface area contributed by atoms with Crippen molar-refractivity contribution >= 4 is 12.0 Å². The van der Waals surface area contributed by atoms with Gasteiger partial charge in [-0.25, -0.2) is 0 Å². The van der Waals surface area contributed by atoms with Crippen molar-refractivity contribution in [3.05, 3.63) is 41.5 Å². The molecule has 0 aliphatic carbocycles. The average molecular weight is 289 g/mol. The minimum atomic E-state index is -0.200. The van der Waals surface area contributed by atoms with Crippen LogP contribution in [0.3, 0.4) is 0 Å². The number of benzene rings is 1. The molecule has 0 aromatic heterocycles. The Morgan fingerprint density at radius 3 is 2.81 bits per heavy atom. The van der Waals surface area contributed by atoms with E-state index in [2.05, 4.69) is 24.4 Å². The highest BCUT2D eigenvalue weighted by Gasteiger charge is 2.08. The maximum atomic E-state index is 11.9. The molecule has 1 rings (SSSR count). The fourth-order valence-electron chi connectivity index (χ4n) is 2.12. The largest absolute Gasteiger partial charge is 0.394 e. The zero-order chi connectivity index (χ0) is 15.5. The van der Waals surface area contributed by atoms with E-state index in [9.17, 15) is 4.79 Å². The predicted octanol–water partition coefficient (Wildman–Crippen LogP) is 3.32. The molecule has 1 amide bonds. The Morgan fingerprint density at radius 1 is 1.33 bits per heavy atom. The number of hydrogen-bond acceptors (Lipinski definition) is 2. The van der Waals surface area contributed by atoms with Crippen molar-refractivity contribution in [2.24, 2.45) is 0 Å². The molecule has 116 valence electrons. The molecule has 0 saturated heterocycles. The van der Waals surface area contributed by atoms with Crippen LogP contribution in [0, 0.1) is 0 Å². The van der Waals surface area contributed by atoms with Crippen LogP contribution < -0.4 is 5.32 Å². The van der Waals surface area contributed by atoms with Gasteiger partial charge in [0.25, 0.3) is 0 Å². The molecule has 0 bridgehead atoms. The molecule has 2 N–H and O–H groups in total. The molecular weight excluding hydrogens is 262 g/mol. The van der Waals surface area contributed by atoms with Gasteiger partial charge in [-0.05, 0) is 30.9 Å². The van der Waals surface area contributed by atoms with Crippen molar-refractivity contribution < 1.29 is 9.90 Å². The topological polar surface area (TPSA) is 49.3 Å². The second-order valence-corrected chi connectivity index (χ2v) is 5.42. The highest BCUT2D eigenvalue weighted by molar-refractivity contribution is 5.80. The van der Waals surface area contributed by atoms with Crippen molar-refractivity contribution in [3.63, 3.8) is 0 Å². The van der Waals surface area contributed by atoms with Crippen LogP contribution in [0.25, 0.3) is 6.08 Å². The van der Waals surface area contributed by atoms with E-state index >= 15 is 0 Å². The smallest absolute Gasteiger partial charge is 0.224 e. The Labute approximate surface area is 128 Å². The van der Waals surface area contributed by atoms with Gasteiger partial charge in [0.1, 0.15) is 0 Å². The van der Waals surface area contributed by atoms with Crippen molar-refractivity contribution in [3.8, 4) is 0 Å². The second-order valence-electron chi connectivity index (χ2n) is 5.42. The number of carbonyl (C=O) groups is 1. The first kappa shape index (κ1) is 17.4. The molecule has 0 heterocycles. The van der Waals surface area contributed by atoms with Gasteiger partial charge in [-0.15, -0.1) is 0 Å². The number of amides is 1. The molecule has 0 saturated carbocycles. The standard InChI is InChI=1S/C18H27NO2/c1-3-4-5-6-7-10-16-11-8-9-12-17(16)13-18(21)19-15(2)14-20/h7-12,15,20H,3-6,13-14H2,1-2H3,(H,19,21)/b10-7-. The van der Waals surface area contributed by atoms with Crippen LogP contribution in [0.1, 0.15) is 50.7 Å². The summed E-state index contributed by atoms with van der Waals surface area (Å²) in [6.07, 6.45) is 9.41. The first-order valence-corrected chi connectivity index (χ1v) is 7.82. The molecule has 21 heavy (non-hydrogen) atoms. The molecule has 0 aliphatic heterocycles. The Morgan fingerprint density at radius 2 is 2.10 bits per heavy atom.